The van der Waals surface area contributed by atoms with Crippen LogP contribution in [-0.2, 0) is 22.1 Å². The molecule has 0 saturated heterocycles. The van der Waals surface area contributed by atoms with E-state index in [1.165, 1.54) is 6.07 Å². The molecular weight excluding hydrogens is 361 g/mol. The van der Waals surface area contributed by atoms with Crippen molar-refractivity contribution in [3.05, 3.63) is 70.8 Å². The molecule has 0 saturated carbocycles. The zero-order chi connectivity index (χ0) is 20.0. The molecule has 2 aromatic carbocycles. The number of nitrogens with zero attached hydrogens (tertiary/aromatic N) is 1. The molecule has 0 spiro atoms. The third kappa shape index (κ3) is 5.07. The normalized spacial score (nSPS) is 12.0. The summed E-state index contributed by atoms with van der Waals surface area (Å²) in [5, 5.41) is 11.5. The van der Waals surface area contributed by atoms with Crippen LogP contribution >= 0.6 is 0 Å². The summed E-state index contributed by atoms with van der Waals surface area (Å²) in [7, 11) is 1.13. The fourth-order valence-corrected chi connectivity index (χ4v) is 2.44. The summed E-state index contributed by atoms with van der Waals surface area (Å²) in [6, 6.07) is 11.2. The van der Waals surface area contributed by atoms with Crippen LogP contribution in [0.3, 0.4) is 0 Å². The minimum Gasteiger partial charge on any atom is -0.467 e. The van der Waals surface area contributed by atoms with Gasteiger partial charge >= 0.3 is 12.1 Å². The highest BCUT2D eigenvalue weighted by Gasteiger charge is 2.31. The van der Waals surface area contributed by atoms with Gasteiger partial charge in [0.2, 0.25) is 0 Å². The lowest BCUT2D eigenvalue weighted by molar-refractivity contribution is -0.143. The number of alkyl halides is 3. The highest BCUT2D eigenvalue weighted by molar-refractivity contribution is 5.97. The summed E-state index contributed by atoms with van der Waals surface area (Å²) in [6.45, 7) is 0. The van der Waals surface area contributed by atoms with Crippen LogP contribution in [0.4, 0.5) is 13.2 Å². The quantitative estimate of drug-likeness (QED) is 0.814. The van der Waals surface area contributed by atoms with Crippen LogP contribution in [0.2, 0.25) is 0 Å². The standard InChI is InChI=1S/C19H15F3N2O3/c1-27-18(26)16(10-12-5-2-3-6-14(12)11-23)24-17(25)13-7-4-8-15(9-13)19(20,21)22/h2-9,16H,10H2,1H3,(H,24,25)/t16-/m1/s1. The molecule has 0 aliphatic carbocycles. The second-order valence-corrected chi connectivity index (χ2v) is 5.60. The number of nitrogens with one attached hydrogen (secondary N) is 1. The predicted molar refractivity (Wildman–Crippen MR) is 89.6 cm³/mol. The Bertz CT molecular complexity index is 888. The Morgan fingerprint density at radius 2 is 1.89 bits per heavy atom. The van der Waals surface area contributed by atoms with Crippen LogP contribution in [0.1, 0.15) is 27.0 Å². The zero-order valence-electron chi connectivity index (χ0n) is 14.2. The first kappa shape index (κ1) is 20.0. The third-order valence-electron chi connectivity index (χ3n) is 3.80. The van der Waals surface area contributed by atoms with E-state index in [9.17, 15) is 22.8 Å². The number of rotatable bonds is 5. The molecule has 5 nitrogen and oxygen atoms in total. The molecule has 0 bridgehead atoms. The monoisotopic (exact) mass is 376 g/mol. The lowest BCUT2D eigenvalue weighted by Gasteiger charge is -2.17. The first-order chi connectivity index (χ1) is 12.8. The van der Waals surface area contributed by atoms with E-state index in [0.717, 1.165) is 19.2 Å². The number of halogens is 3. The number of carbonyl (C=O) groups excluding carboxylic acids is 2. The lowest BCUT2D eigenvalue weighted by Crippen LogP contribution is -2.43. The molecule has 0 heterocycles. The number of esters is 1. The summed E-state index contributed by atoms with van der Waals surface area (Å²) >= 11 is 0. The van der Waals surface area contributed by atoms with Crippen molar-refractivity contribution in [2.75, 3.05) is 7.11 Å². The van der Waals surface area contributed by atoms with Crippen LogP contribution in [0.25, 0.3) is 0 Å². The molecule has 140 valence electrons. The van der Waals surface area contributed by atoms with Crippen LogP contribution in [0.15, 0.2) is 48.5 Å². The number of ether oxygens (including phenoxy) is 1. The Hall–Kier alpha value is -3.34. The number of methoxy groups -OCH3 is 1. The van der Waals surface area contributed by atoms with Gasteiger partial charge in [0.25, 0.3) is 5.91 Å². The van der Waals surface area contributed by atoms with Gasteiger partial charge in [-0.25, -0.2) is 4.79 Å². The Labute approximate surface area is 153 Å². The smallest absolute Gasteiger partial charge is 0.416 e. The van der Waals surface area contributed by atoms with E-state index in [1.807, 2.05) is 6.07 Å². The Morgan fingerprint density at radius 3 is 2.52 bits per heavy atom. The number of benzene rings is 2. The van der Waals surface area contributed by atoms with Gasteiger partial charge in [0, 0.05) is 12.0 Å². The summed E-state index contributed by atoms with van der Waals surface area (Å²) < 4.78 is 43.1. The first-order valence-corrected chi connectivity index (χ1v) is 7.80. The molecule has 1 atom stereocenters. The van der Waals surface area contributed by atoms with Gasteiger partial charge in [-0.3, -0.25) is 4.79 Å². The Kier molecular flexibility index (Phi) is 6.19. The highest BCUT2D eigenvalue weighted by Crippen LogP contribution is 2.29. The topological polar surface area (TPSA) is 79.2 Å². The van der Waals surface area contributed by atoms with Crippen molar-refractivity contribution in [1.82, 2.24) is 5.32 Å². The summed E-state index contributed by atoms with van der Waals surface area (Å²) in [5.41, 5.74) is -0.397. The van der Waals surface area contributed by atoms with Gasteiger partial charge in [0.05, 0.1) is 24.3 Å². The van der Waals surface area contributed by atoms with Gasteiger partial charge in [-0.15, -0.1) is 0 Å². The van der Waals surface area contributed by atoms with E-state index in [2.05, 4.69) is 10.1 Å². The summed E-state index contributed by atoms with van der Waals surface area (Å²) in [6.07, 6.45) is -4.63. The van der Waals surface area contributed by atoms with Crippen molar-refractivity contribution < 1.29 is 27.5 Å². The van der Waals surface area contributed by atoms with Crippen molar-refractivity contribution in [3.8, 4) is 6.07 Å². The average molecular weight is 376 g/mol. The molecule has 8 heteroatoms. The van der Waals surface area contributed by atoms with E-state index in [1.54, 1.807) is 24.3 Å². The molecule has 0 radical (unpaired) electrons. The van der Waals surface area contributed by atoms with E-state index in [4.69, 9.17) is 5.26 Å². The molecule has 1 N–H and O–H groups in total. The predicted octanol–water partition coefficient (Wildman–Crippen LogP) is 3.09. The Balaban J connectivity index is 2.25. The molecule has 0 fully saturated rings. The van der Waals surface area contributed by atoms with Gasteiger partial charge in [-0.1, -0.05) is 24.3 Å². The van der Waals surface area contributed by atoms with Crippen molar-refractivity contribution in [2.45, 2.75) is 18.6 Å². The number of hydrogen-bond acceptors (Lipinski definition) is 4. The number of carbonyl (C=O) groups is 2. The summed E-state index contributed by atoms with van der Waals surface area (Å²) in [4.78, 5) is 24.4. The first-order valence-electron chi connectivity index (χ1n) is 7.80. The molecule has 0 aliphatic rings. The molecular formula is C19H15F3N2O3. The fraction of sp³-hybridized carbons (Fsp3) is 0.211. The van der Waals surface area contributed by atoms with Crippen LogP contribution < -0.4 is 5.32 Å². The van der Waals surface area contributed by atoms with Gasteiger partial charge in [-0.2, -0.15) is 18.4 Å². The van der Waals surface area contributed by atoms with Gasteiger partial charge in [0.15, 0.2) is 0 Å². The van der Waals surface area contributed by atoms with Crippen LogP contribution in [0.5, 0.6) is 0 Å². The van der Waals surface area contributed by atoms with Crippen molar-refractivity contribution in [2.24, 2.45) is 0 Å². The van der Waals surface area contributed by atoms with Crippen LogP contribution in [-0.4, -0.2) is 25.0 Å². The third-order valence-corrected chi connectivity index (χ3v) is 3.80. The minimum atomic E-state index is -4.59. The fourth-order valence-electron chi connectivity index (χ4n) is 2.44. The van der Waals surface area contributed by atoms with E-state index in [0.29, 0.717) is 17.2 Å². The number of hydrogen-bond donors (Lipinski definition) is 1. The molecule has 2 rings (SSSR count). The van der Waals surface area contributed by atoms with Crippen molar-refractivity contribution in [1.29, 1.82) is 5.26 Å². The average Bonchev–Trinajstić information content (AvgIpc) is 2.66. The van der Waals surface area contributed by atoms with Gasteiger partial charge in [0.1, 0.15) is 6.04 Å². The zero-order valence-corrected chi connectivity index (χ0v) is 14.2. The molecule has 1 amide bonds. The maximum atomic E-state index is 12.8. The molecule has 0 aliphatic heterocycles. The second-order valence-electron chi connectivity index (χ2n) is 5.60. The molecule has 0 unspecified atom stereocenters. The summed E-state index contributed by atoms with van der Waals surface area (Å²) in [5.74, 6) is -1.63. The Morgan fingerprint density at radius 1 is 1.19 bits per heavy atom. The SMILES string of the molecule is COC(=O)[C@@H](Cc1ccccc1C#N)NC(=O)c1cccc(C(F)(F)F)c1. The second kappa shape index (κ2) is 8.36. The molecule has 0 aromatic heterocycles. The van der Waals surface area contributed by atoms with Crippen molar-refractivity contribution >= 4 is 11.9 Å². The maximum absolute atomic E-state index is 12.8. The number of nitriles is 1. The van der Waals surface area contributed by atoms with Gasteiger partial charge in [-0.05, 0) is 29.8 Å². The molecule has 27 heavy (non-hydrogen) atoms. The van der Waals surface area contributed by atoms with Crippen molar-refractivity contribution in [3.63, 3.8) is 0 Å². The van der Waals surface area contributed by atoms with Gasteiger partial charge < -0.3 is 10.1 Å². The van der Waals surface area contributed by atoms with Crippen LogP contribution in [0, 0.1) is 11.3 Å². The maximum Gasteiger partial charge on any atom is 0.416 e. The van der Waals surface area contributed by atoms with E-state index < -0.39 is 29.7 Å². The number of amides is 1. The minimum absolute atomic E-state index is 0.0406. The highest BCUT2D eigenvalue weighted by atomic mass is 19.4. The van der Waals surface area contributed by atoms with E-state index >= 15 is 0 Å². The van der Waals surface area contributed by atoms with E-state index in [-0.39, 0.29) is 12.0 Å². The molecule has 2 aromatic rings. The lowest BCUT2D eigenvalue weighted by atomic mass is 10.0. The largest absolute Gasteiger partial charge is 0.467 e.